The van der Waals surface area contributed by atoms with Crippen molar-refractivity contribution in [2.45, 2.75) is 46.1 Å². The standard InChI is InChI=1S/C11H18F2N2O/c1-6-16-9-7-8(11(5,12)13)14-15(9)10(2,3)4/h7H,6H2,1-5H3. The molecule has 92 valence electrons. The third-order valence-electron chi connectivity index (χ3n) is 2.05. The van der Waals surface area contributed by atoms with Crippen molar-refractivity contribution < 1.29 is 13.5 Å². The Morgan fingerprint density at radius 1 is 1.31 bits per heavy atom. The van der Waals surface area contributed by atoms with Crippen LogP contribution >= 0.6 is 0 Å². The molecule has 0 aromatic carbocycles. The van der Waals surface area contributed by atoms with Gasteiger partial charge in [0.25, 0.3) is 5.92 Å². The summed E-state index contributed by atoms with van der Waals surface area (Å²) in [6.45, 7) is 8.73. The Kier molecular flexibility index (Phi) is 3.26. The van der Waals surface area contributed by atoms with Gasteiger partial charge in [-0.1, -0.05) is 0 Å². The summed E-state index contributed by atoms with van der Waals surface area (Å²) in [5, 5.41) is 3.91. The first-order valence-electron chi connectivity index (χ1n) is 5.28. The van der Waals surface area contributed by atoms with Gasteiger partial charge in [-0.3, -0.25) is 0 Å². The lowest BCUT2D eigenvalue weighted by atomic mass is 10.1. The van der Waals surface area contributed by atoms with E-state index in [0.29, 0.717) is 12.5 Å². The molecule has 0 aliphatic carbocycles. The third kappa shape index (κ3) is 2.71. The molecule has 5 heteroatoms. The first-order chi connectivity index (χ1) is 7.16. The zero-order valence-corrected chi connectivity index (χ0v) is 10.3. The van der Waals surface area contributed by atoms with Gasteiger partial charge in [0.2, 0.25) is 5.88 Å². The Morgan fingerprint density at radius 3 is 2.25 bits per heavy atom. The average molecular weight is 232 g/mol. The van der Waals surface area contributed by atoms with Gasteiger partial charge in [0.05, 0.1) is 12.1 Å². The normalized spacial score (nSPS) is 12.9. The Hall–Kier alpha value is -1.13. The maximum atomic E-state index is 13.1. The van der Waals surface area contributed by atoms with Gasteiger partial charge in [0.15, 0.2) is 0 Å². The van der Waals surface area contributed by atoms with E-state index in [1.165, 1.54) is 10.7 Å². The predicted octanol–water partition coefficient (Wildman–Crippen LogP) is 3.15. The Balaban J connectivity index is 3.21. The Morgan fingerprint density at radius 2 is 1.88 bits per heavy atom. The summed E-state index contributed by atoms with van der Waals surface area (Å²) in [4.78, 5) is 0. The molecule has 1 rings (SSSR count). The van der Waals surface area contributed by atoms with E-state index in [0.717, 1.165) is 6.92 Å². The maximum Gasteiger partial charge on any atom is 0.288 e. The molecule has 0 saturated heterocycles. The van der Waals surface area contributed by atoms with E-state index in [2.05, 4.69) is 5.10 Å². The van der Waals surface area contributed by atoms with E-state index < -0.39 is 5.92 Å². The zero-order chi connectivity index (χ0) is 12.6. The summed E-state index contributed by atoms with van der Waals surface area (Å²) in [7, 11) is 0. The second kappa shape index (κ2) is 4.03. The molecule has 0 N–H and O–H groups in total. The van der Waals surface area contributed by atoms with Crippen LogP contribution in [-0.4, -0.2) is 16.4 Å². The van der Waals surface area contributed by atoms with Crippen molar-refractivity contribution in [1.82, 2.24) is 9.78 Å². The van der Waals surface area contributed by atoms with Crippen molar-refractivity contribution in [2.24, 2.45) is 0 Å². The van der Waals surface area contributed by atoms with Crippen molar-refractivity contribution in [2.75, 3.05) is 6.61 Å². The van der Waals surface area contributed by atoms with Crippen LogP contribution in [0.25, 0.3) is 0 Å². The molecule has 1 heterocycles. The minimum Gasteiger partial charge on any atom is -0.478 e. The molecule has 0 fully saturated rings. The highest BCUT2D eigenvalue weighted by Crippen LogP contribution is 2.31. The molecular weight excluding hydrogens is 214 g/mol. The molecule has 1 aromatic heterocycles. The third-order valence-corrected chi connectivity index (χ3v) is 2.05. The van der Waals surface area contributed by atoms with Crippen molar-refractivity contribution in [3.8, 4) is 5.88 Å². The maximum absolute atomic E-state index is 13.1. The van der Waals surface area contributed by atoms with Crippen LogP contribution < -0.4 is 4.74 Å². The van der Waals surface area contributed by atoms with Crippen LogP contribution in [0, 0.1) is 0 Å². The molecule has 0 atom stereocenters. The summed E-state index contributed by atoms with van der Waals surface area (Å²) in [6.07, 6.45) is 0. The van der Waals surface area contributed by atoms with Crippen LogP contribution in [0.4, 0.5) is 8.78 Å². The quantitative estimate of drug-likeness (QED) is 0.800. The molecule has 0 amide bonds. The summed E-state index contributed by atoms with van der Waals surface area (Å²) < 4.78 is 33.1. The molecule has 0 unspecified atom stereocenters. The average Bonchev–Trinajstić information content (AvgIpc) is 2.46. The highest BCUT2D eigenvalue weighted by atomic mass is 19.3. The molecule has 1 aromatic rings. The first kappa shape index (κ1) is 12.9. The van der Waals surface area contributed by atoms with Gasteiger partial charge < -0.3 is 4.74 Å². The number of ether oxygens (including phenoxy) is 1. The summed E-state index contributed by atoms with van der Waals surface area (Å²) in [5.74, 6) is -2.56. The minimum absolute atomic E-state index is 0.258. The molecule has 16 heavy (non-hydrogen) atoms. The SMILES string of the molecule is CCOc1cc(C(C)(F)F)nn1C(C)(C)C. The lowest BCUT2D eigenvalue weighted by molar-refractivity contribution is 0.0116. The fraction of sp³-hybridized carbons (Fsp3) is 0.727. The zero-order valence-electron chi connectivity index (χ0n) is 10.3. The smallest absolute Gasteiger partial charge is 0.288 e. The predicted molar refractivity (Wildman–Crippen MR) is 58.0 cm³/mol. The molecule has 3 nitrogen and oxygen atoms in total. The van der Waals surface area contributed by atoms with E-state index >= 15 is 0 Å². The fourth-order valence-corrected chi connectivity index (χ4v) is 1.31. The molecule has 0 aliphatic rings. The fourth-order valence-electron chi connectivity index (χ4n) is 1.31. The van der Waals surface area contributed by atoms with Crippen molar-refractivity contribution in [3.05, 3.63) is 11.8 Å². The van der Waals surface area contributed by atoms with E-state index in [9.17, 15) is 8.78 Å². The molecule has 0 bridgehead atoms. The number of hydrogen-bond acceptors (Lipinski definition) is 2. The van der Waals surface area contributed by atoms with Gasteiger partial charge in [0.1, 0.15) is 5.69 Å². The molecule has 0 radical (unpaired) electrons. The van der Waals surface area contributed by atoms with Gasteiger partial charge in [-0.05, 0) is 27.7 Å². The Bertz CT molecular complexity index is 361. The molecular formula is C11H18F2N2O. The van der Waals surface area contributed by atoms with Crippen LogP contribution in [-0.2, 0) is 11.5 Å². The number of halogens is 2. The van der Waals surface area contributed by atoms with Crippen LogP contribution in [0.3, 0.4) is 0 Å². The number of aromatic nitrogens is 2. The van der Waals surface area contributed by atoms with Crippen molar-refractivity contribution in [1.29, 1.82) is 0 Å². The number of alkyl halides is 2. The number of nitrogens with zero attached hydrogens (tertiary/aromatic N) is 2. The van der Waals surface area contributed by atoms with E-state index in [4.69, 9.17) is 4.74 Å². The highest BCUT2D eigenvalue weighted by molar-refractivity contribution is 5.20. The lowest BCUT2D eigenvalue weighted by Crippen LogP contribution is -2.25. The molecule has 0 spiro atoms. The lowest BCUT2D eigenvalue weighted by Gasteiger charge is -2.21. The molecule has 0 saturated carbocycles. The number of hydrogen-bond donors (Lipinski definition) is 0. The minimum atomic E-state index is -2.94. The van der Waals surface area contributed by atoms with Crippen LogP contribution in [0.15, 0.2) is 6.07 Å². The van der Waals surface area contributed by atoms with E-state index in [1.807, 2.05) is 27.7 Å². The van der Waals surface area contributed by atoms with Gasteiger partial charge in [-0.25, -0.2) is 4.68 Å². The van der Waals surface area contributed by atoms with Crippen LogP contribution in [0.1, 0.15) is 40.3 Å². The van der Waals surface area contributed by atoms with Gasteiger partial charge >= 0.3 is 0 Å². The van der Waals surface area contributed by atoms with Gasteiger partial charge in [-0.2, -0.15) is 13.9 Å². The van der Waals surface area contributed by atoms with Crippen LogP contribution in [0.2, 0.25) is 0 Å². The van der Waals surface area contributed by atoms with Gasteiger partial charge in [0, 0.05) is 13.0 Å². The van der Waals surface area contributed by atoms with E-state index in [1.54, 1.807) is 0 Å². The largest absolute Gasteiger partial charge is 0.478 e. The van der Waals surface area contributed by atoms with Crippen molar-refractivity contribution in [3.63, 3.8) is 0 Å². The number of rotatable bonds is 3. The summed E-state index contributed by atoms with van der Waals surface area (Å²) in [5.41, 5.74) is -0.639. The second-order valence-corrected chi connectivity index (χ2v) is 4.77. The van der Waals surface area contributed by atoms with Crippen molar-refractivity contribution >= 4 is 0 Å². The summed E-state index contributed by atoms with van der Waals surface area (Å²) >= 11 is 0. The van der Waals surface area contributed by atoms with E-state index in [-0.39, 0.29) is 11.2 Å². The second-order valence-electron chi connectivity index (χ2n) is 4.77. The molecule has 0 aliphatic heterocycles. The highest BCUT2D eigenvalue weighted by Gasteiger charge is 2.31. The first-order valence-corrected chi connectivity index (χ1v) is 5.28. The van der Waals surface area contributed by atoms with Gasteiger partial charge in [-0.15, -0.1) is 0 Å². The van der Waals surface area contributed by atoms with Crippen LogP contribution in [0.5, 0.6) is 5.88 Å². The Labute approximate surface area is 94.4 Å². The monoisotopic (exact) mass is 232 g/mol. The topological polar surface area (TPSA) is 27.1 Å². The summed E-state index contributed by atoms with van der Waals surface area (Å²) in [6, 6.07) is 1.30.